The zero-order valence-electron chi connectivity index (χ0n) is 16.6. The van der Waals surface area contributed by atoms with Crippen molar-refractivity contribution in [2.75, 3.05) is 0 Å². The Kier molecular flexibility index (Phi) is 11.0. The second kappa shape index (κ2) is 12.9. The van der Waals surface area contributed by atoms with Gasteiger partial charge >= 0.3 is 5.97 Å². The molecule has 0 aliphatic carbocycles. The van der Waals surface area contributed by atoms with Gasteiger partial charge in [0, 0.05) is 0 Å². The van der Waals surface area contributed by atoms with E-state index in [1.165, 1.54) is 0 Å². The highest BCUT2D eigenvalue weighted by Gasteiger charge is 2.21. The molecule has 2 aromatic rings. The maximum Gasteiger partial charge on any atom is 0.323 e. The van der Waals surface area contributed by atoms with E-state index in [-0.39, 0.29) is 37.4 Å². The summed E-state index contributed by atoms with van der Waals surface area (Å²) in [7, 11) is 0. The van der Waals surface area contributed by atoms with Gasteiger partial charge in [0.1, 0.15) is 12.6 Å². The Morgan fingerprint density at radius 2 is 1.48 bits per heavy atom. The minimum Gasteiger partial charge on any atom is -0.460 e. The van der Waals surface area contributed by atoms with Crippen LogP contribution in [0.25, 0.3) is 0 Å². The first-order valence-electron chi connectivity index (χ1n) is 9.58. The van der Waals surface area contributed by atoms with E-state index in [1.54, 1.807) is 0 Å². The van der Waals surface area contributed by atoms with Crippen LogP contribution in [-0.2, 0) is 20.9 Å². The number of nitrogens with one attached hydrogen (secondary N) is 1. The van der Waals surface area contributed by atoms with Crippen molar-refractivity contribution >= 4 is 24.3 Å². The molecule has 29 heavy (non-hydrogen) atoms. The Bertz CT molecular complexity index is 743. The quantitative estimate of drug-likeness (QED) is 0.513. The first kappa shape index (κ1) is 24.6. The van der Waals surface area contributed by atoms with Gasteiger partial charge in [0.15, 0.2) is 0 Å². The summed E-state index contributed by atoms with van der Waals surface area (Å²) in [6.45, 7) is 2.18. The summed E-state index contributed by atoms with van der Waals surface area (Å²) >= 11 is 0. The lowest BCUT2D eigenvalue weighted by Gasteiger charge is -2.21. The summed E-state index contributed by atoms with van der Waals surface area (Å²) in [5, 5.41) is 2.96. The number of benzene rings is 2. The van der Waals surface area contributed by atoms with Crippen LogP contribution in [0.1, 0.15) is 43.4 Å². The Balaban J connectivity index is 0.00000420. The van der Waals surface area contributed by atoms with E-state index in [4.69, 9.17) is 16.2 Å². The first-order valence-corrected chi connectivity index (χ1v) is 9.58. The predicted molar refractivity (Wildman–Crippen MR) is 116 cm³/mol. The van der Waals surface area contributed by atoms with Crippen molar-refractivity contribution < 1.29 is 14.3 Å². The van der Waals surface area contributed by atoms with Crippen molar-refractivity contribution in [2.24, 2.45) is 11.5 Å². The molecule has 1 unspecified atom stereocenters. The maximum atomic E-state index is 12.4. The van der Waals surface area contributed by atoms with Crippen LogP contribution < -0.4 is 16.8 Å². The molecule has 0 spiro atoms. The zero-order chi connectivity index (χ0) is 20.4. The van der Waals surface area contributed by atoms with Crippen LogP contribution in [0.2, 0.25) is 0 Å². The summed E-state index contributed by atoms with van der Waals surface area (Å²) in [5.74, 6) is -0.743. The Morgan fingerprint density at radius 1 is 0.931 bits per heavy atom. The van der Waals surface area contributed by atoms with Gasteiger partial charge < -0.3 is 21.5 Å². The normalized spacial score (nSPS) is 13.5. The standard InChI is InChI=1S/C22H29N3O3.ClH/c1-2-20(17-11-7-4-8-12-17)25-21(26)18(23)13-14-19(24)22(27)28-15-16-9-5-3-6-10-16;/h3-12,18-20H,2,13-15,23-24H2,1H3,(H,25,26);1H/t18-,19+,20?;/m1./s1. The van der Waals surface area contributed by atoms with Gasteiger partial charge in [-0.2, -0.15) is 0 Å². The number of carbonyl (C=O) groups excluding carboxylic acids is 2. The molecule has 0 saturated carbocycles. The van der Waals surface area contributed by atoms with Gasteiger partial charge in [-0.1, -0.05) is 67.6 Å². The van der Waals surface area contributed by atoms with E-state index in [0.29, 0.717) is 6.42 Å². The lowest BCUT2D eigenvalue weighted by Crippen LogP contribution is -2.43. The van der Waals surface area contributed by atoms with Gasteiger partial charge in [-0.05, 0) is 30.4 Å². The predicted octanol–water partition coefficient (Wildman–Crippen LogP) is 2.85. The molecule has 0 radical (unpaired) electrons. The molecule has 0 bridgehead atoms. The third-order valence-corrected chi connectivity index (χ3v) is 4.58. The van der Waals surface area contributed by atoms with E-state index in [2.05, 4.69) is 5.32 Å². The molecule has 0 fully saturated rings. The van der Waals surface area contributed by atoms with E-state index in [1.807, 2.05) is 67.6 Å². The summed E-state index contributed by atoms with van der Waals surface area (Å²) in [6.07, 6.45) is 1.34. The lowest BCUT2D eigenvalue weighted by atomic mass is 10.0. The maximum absolute atomic E-state index is 12.4. The summed E-state index contributed by atoms with van der Waals surface area (Å²) in [6, 6.07) is 17.5. The fourth-order valence-electron chi connectivity index (χ4n) is 2.83. The Hall–Kier alpha value is -2.41. The average molecular weight is 420 g/mol. The highest BCUT2D eigenvalue weighted by molar-refractivity contribution is 5.85. The van der Waals surface area contributed by atoms with Gasteiger partial charge in [0.25, 0.3) is 0 Å². The van der Waals surface area contributed by atoms with Crippen LogP contribution in [0.5, 0.6) is 0 Å². The van der Waals surface area contributed by atoms with Crippen LogP contribution in [0.3, 0.4) is 0 Å². The van der Waals surface area contributed by atoms with Crippen molar-refractivity contribution in [3.05, 3.63) is 71.8 Å². The molecule has 0 heterocycles. The number of hydrogen-bond acceptors (Lipinski definition) is 5. The van der Waals surface area contributed by atoms with Crippen LogP contribution >= 0.6 is 12.4 Å². The average Bonchev–Trinajstić information content (AvgIpc) is 2.74. The highest BCUT2D eigenvalue weighted by Crippen LogP contribution is 2.16. The van der Waals surface area contributed by atoms with Crippen molar-refractivity contribution in [2.45, 2.75) is 50.9 Å². The molecule has 158 valence electrons. The second-order valence-corrected chi connectivity index (χ2v) is 6.76. The number of rotatable bonds is 10. The second-order valence-electron chi connectivity index (χ2n) is 6.76. The molecule has 0 aromatic heterocycles. The molecule has 0 aliphatic heterocycles. The summed E-state index contributed by atoms with van der Waals surface area (Å²) < 4.78 is 5.22. The molecule has 5 N–H and O–H groups in total. The monoisotopic (exact) mass is 419 g/mol. The number of ether oxygens (including phenoxy) is 1. The van der Waals surface area contributed by atoms with Gasteiger partial charge in [-0.15, -0.1) is 12.4 Å². The van der Waals surface area contributed by atoms with Crippen molar-refractivity contribution in [1.82, 2.24) is 5.32 Å². The van der Waals surface area contributed by atoms with Gasteiger partial charge in [-0.3, -0.25) is 9.59 Å². The molecule has 2 aromatic carbocycles. The van der Waals surface area contributed by atoms with E-state index in [9.17, 15) is 9.59 Å². The molecular formula is C22H30ClN3O3. The van der Waals surface area contributed by atoms with E-state index < -0.39 is 18.1 Å². The van der Waals surface area contributed by atoms with E-state index >= 15 is 0 Å². The van der Waals surface area contributed by atoms with Crippen LogP contribution in [-0.4, -0.2) is 24.0 Å². The molecule has 0 aliphatic rings. The van der Waals surface area contributed by atoms with Crippen LogP contribution in [0.15, 0.2) is 60.7 Å². The number of nitrogens with two attached hydrogens (primary N) is 2. The number of amides is 1. The van der Waals surface area contributed by atoms with Crippen molar-refractivity contribution in [1.29, 1.82) is 0 Å². The fraction of sp³-hybridized carbons (Fsp3) is 0.364. The molecule has 6 nitrogen and oxygen atoms in total. The number of esters is 1. The third-order valence-electron chi connectivity index (χ3n) is 4.58. The van der Waals surface area contributed by atoms with Gasteiger partial charge in [-0.25, -0.2) is 0 Å². The van der Waals surface area contributed by atoms with Crippen molar-refractivity contribution in [3.63, 3.8) is 0 Å². The molecule has 1 amide bonds. The van der Waals surface area contributed by atoms with Crippen LogP contribution in [0.4, 0.5) is 0 Å². The molecule has 0 saturated heterocycles. The lowest BCUT2D eigenvalue weighted by molar-refractivity contribution is -0.146. The fourth-order valence-corrected chi connectivity index (χ4v) is 2.83. The highest BCUT2D eigenvalue weighted by atomic mass is 35.5. The zero-order valence-corrected chi connectivity index (χ0v) is 17.4. The molecule has 3 atom stereocenters. The third kappa shape index (κ3) is 8.23. The minimum atomic E-state index is -0.807. The largest absolute Gasteiger partial charge is 0.460 e. The summed E-state index contributed by atoms with van der Waals surface area (Å²) in [5.41, 5.74) is 13.8. The number of hydrogen-bond donors (Lipinski definition) is 3. The molecule has 2 rings (SSSR count). The smallest absolute Gasteiger partial charge is 0.323 e. The minimum absolute atomic E-state index is 0. The summed E-state index contributed by atoms with van der Waals surface area (Å²) in [4.78, 5) is 24.4. The van der Waals surface area contributed by atoms with Crippen LogP contribution in [0, 0.1) is 0 Å². The van der Waals surface area contributed by atoms with Crippen molar-refractivity contribution in [3.8, 4) is 0 Å². The van der Waals surface area contributed by atoms with Gasteiger partial charge in [0.2, 0.25) is 5.91 Å². The SMILES string of the molecule is CCC(NC(=O)[C@H](N)CC[C@H](N)C(=O)OCc1ccccc1)c1ccccc1.Cl. The number of carbonyl (C=O) groups is 2. The Labute approximate surface area is 178 Å². The van der Waals surface area contributed by atoms with E-state index in [0.717, 1.165) is 17.5 Å². The van der Waals surface area contributed by atoms with Gasteiger partial charge in [0.05, 0.1) is 12.1 Å². The first-order chi connectivity index (χ1) is 13.5. The topological polar surface area (TPSA) is 107 Å². The molecule has 7 heteroatoms. The molecular weight excluding hydrogens is 390 g/mol. The Morgan fingerprint density at radius 3 is 2.07 bits per heavy atom. The number of halogens is 1.